The molecular weight excluding hydrogens is 251 g/mol. The Labute approximate surface area is 110 Å². The van der Waals surface area contributed by atoms with Gasteiger partial charge in [0, 0.05) is 7.05 Å². The maximum Gasteiger partial charge on any atom is 0.327 e. The zero-order valence-electron chi connectivity index (χ0n) is 10.8. The SMILES string of the molecule is CN(c1cccc(F)c1[N+](=O)[O-])C1CCCCC1O. The fraction of sp³-hybridized carbons (Fsp3) is 0.538. The molecule has 1 N–H and O–H groups in total. The van der Waals surface area contributed by atoms with E-state index < -0.39 is 22.5 Å². The van der Waals surface area contributed by atoms with Crippen LogP contribution >= 0.6 is 0 Å². The number of para-hydroxylation sites is 1. The van der Waals surface area contributed by atoms with Crippen molar-refractivity contribution < 1.29 is 14.4 Å². The van der Waals surface area contributed by atoms with Gasteiger partial charge in [0.25, 0.3) is 0 Å². The smallest absolute Gasteiger partial charge is 0.327 e. The van der Waals surface area contributed by atoms with E-state index in [-0.39, 0.29) is 11.7 Å². The molecule has 5 nitrogen and oxygen atoms in total. The third-order valence-electron chi connectivity index (χ3n) is 3.72. The highest BCUT2D eigenvalue weighted by Crippen LogP contribution is 2.34. The van der Waals surface area contributed by atoms with Crippen LogP contribution < -0.4 is 4.90 Å². The van der Waals surface area contributed by atoms with E-state index in [2.05, 4.69) is 0 Å². The first-order valence-electron chi connectivity index (χ1n) is 6.36. The molecule has 1 aromatic rings. The molecule has 0 amide bonds. The predicted octanol–water partition coefficient (Wildman–Crippen LogP) is 2.47. The number of nitro benzene ring substituents is 1. The number of rotatable bonds is 3. The van der Waals surface area contributed by atoms with Crippen LogP contribution in [0.5, 0.6) is 0 Å². The average Bonchev–Trinajstić information content (AvgIpc) is 2.37. The van der Waals surface area contributed by atoms with Crippen LogP contribution in [0.25, 0.3) is 0 Å². The molecule has 19 heavy (non-hydrogen) atoms. The molecule has 0 aliphatic heterocycles. The highest BCUT2D eigenvalue weighted by Gasteiger charge is 2.31. The third-order valence-corrected chi connectivity index (χ3v) is 3.72. The zero-order valence-corrected chi connectivity index (χ0v) is 10.8. The maximum atomic E-state index is 13.6. The number of aliphatic hydroxyl groups excluding tert-OH is 1. The number of benzene rings is 1. The van der Waals surface area contributed by atoms with Crippen LogP contribution in [-0.2, 0) is 0 Å². The Morgan fingerprint density at radius 3 is 2.74 bits per heavy atom. The minimum Gasteiger partial charge on any atom is -0.391 e. The molecule has 0 radical (unpaired) electrons. The summed E-state index contributed by atoms with van der Waals surface area (Å²) in [6.07, 6.45) is 2.83. The highest BCUT2D eigenvalue weighted by molar-refractivity contribution is 5.64. The van der Waals surface area contributed by atoms with Gasteiger partial charge in [0.2, 0.25) is 5.82 Å². The Morgan fingerprint density at radius 1 is 1.42 bits per heavy atom. The second-order valence-corrected chi connectivity index (χ2v) is 4.89. The topological polar surface area (TPSA) is 66.6 Å². The summed E-state index contributed by atoms with van der Waals surface area (Å²) in [5, 5.41) is 21.0. The molecule has 0 bridgehead atoms. The molecular formula is C13H17FN2O3. The van der Waals surface area contributed by atoms with E-state index in [0.717, 1.165) is 25.3 Å². The van der Waals surface area contributed by atoms with E-state index in [1.807, 2.05) is 0 Å². The molecule has 1 aliphatic carbocycles. The van der Waals surface area contributed by atoms with Gasteiger partial charge in [-0.1, -0.05) is 18.9 Å². The Balaban J connectivity index is 2.35. The number of nitro groups is 1. The minimum absolute atomic E-state index is 0.200. The van der Waals surface area contributed by atoms with Crippen LogP contribution in [0.2, 0.25) is 0 Å². The van der Waals surface area contributed by atoms with Gasteiger partial charge in [0.15, 0.2) is 0 Å². The van der Waals surface area contributed by atoms with Crippen molar-refractivity contribution in [2.45, 2.75) is 37.8 Å². The second-order valence-electron chi connectivity index (χ2n) is 4.89. The van der Waals surface area contributed by atoms with Crippen molar-refractivity contribution in [3.63, 3.8) is 0 Å². The molecule has 2 atom stereocenters. The molecule has 0 heterocycles. The van der Waals surface area contributed by atoms with Crippen molar-refractivity contribution in [1.82, 2.24) is 0 Å². The molecule has 1 aliphatic rings. The normalized spacial score (nSPS) is 23.1. The molecule has 6 heteroatoms. The number of likely N-dealkylation sites (N-methyl/N-ethyl adjacent to an activating group) is 1. The summed E-state index contributed by atoms with van der Waals surface area (Å²) in [6.45, 7) is 0. The van der Waals surface area contributed by atoms with Crippen LogP contribution in [0, 0.1) is 15.9 Å². The van der Waals surface area contributed by atoms with E-state index in [9.17, 15) is 19.6 Å². The molecule has 0 saturated heterocycles. The average molecular weight is 268 g/mol. The van der Waals surface area contributed by atoms with Crippen LogP contribution in [-0.4, -0.2) is 29.2 Å². The predicted molar refractivity (Wildman–Crippen MR) is 69.7 cm³/mol. The number of aliphatic hydroxyl groups is 1. The monoisotopic (exact) mass is 268 g/mol. The van der Waals surface area contributed by atoms with Crippen molar-refractivity contribution in [3.05, 3.63) is 34.1 Å². The molecule has 1 saturated carbocycles. The first-order valence-corrected chi connectivity index (χ1v) is 6.36. The van der Waals surface area contributed by atoms with Gasteiger partial charge in [-0.2, -0.15) is 4.39 Å². The van der Waals surface area contributed by atoms with Gasteiger partial charge in [0.05, 0.1) is 17.1 Å². The molecule has 0 aromatic heterocycles. The molecule has 1 aromatic carbocycles. The van der Waals surface area contributed by atoms with Crippen molar-refractivity contribution in [1.29, 1.82) is 0 Å². The summed E-state index contributed by atoms with van der Waals surface area (Å²) in [7, 11) is 1.67. The van der Waals surface area contributed by atoms with E-state index in [4.69, 9.17) is 0 Å². The van der Waals surface area contributed by atoms with E-state index >= 15 is 0 Å². The summed E-state index contributed by atoms with van der Waals surface area (Å²) in [5.74, 6) is -0.848. The van der Waals surface area contributed by atoms with Crippen molar-refractivity contribution >= 4 is 11.4 Å². The van der Waals surface area contributed by atoms with Gasteiger partial charge in [0.1, 0.15) is 5.69 Å². The minimum atomic E-state index is -0.848. The first-order chi connectivity index (χ1) is 9.02. The summed E-state index contributed by atoms with van der Waals surface area (Å²) in [5.41, 5.74) is -0.307. The lowest BCUT2D eigenvalue weighted by Crippen LogP contribution is -2.43. The Kier molecular flexibility index (Phi) is 3.99. The number of halogens is 1. The lowest BCUT2D eigenvalue weighted by atomic mass is 9.91. The lowest BCUT2D eigenvalue weighted by molar-refractivity contribution is -0.386. The molecule has 0 spiro atoms. The Bertz CT molecular complexity index is 481. The van der Waals surface area contributed by atoms with E-state index in [0.29, 0.717) is 6.42 Å². The number of anilines is 1. The summed E-state index contributed by atoms with van der Waals surface area (Å²) in [6, 6.07) is 3.84. The summed E-state index contributed by atoms with van der Waals surface area (Å²) in [4.78, 5) is 11.9. The zero-order chi connectivity index (χ0) is 14.0. The van der Waals surface area contributed by atoms with Gasteiger partial charge in [-0.05, 0) is 25.0 Å². The number of hydrogen-bond donors (Lipinski definition) is 1. The van der Waals surface area contributed by atoms with Crippen LogP contribution in [0.15, 0.2) is 18.2 Å². The first kappa shape index (κ1) is 13.7. The van der Waals surface area contributed by atoms with Gasteiger partial charge in [-0.25, -0.2) is 0 Å². The molecule has 2 rings (SSSR count). The van der Waals surface area contributed by atoms with Crippen LogP contribution in [0.4, 0.5) is 15.8 Å². The third kappa shape index (κ3) is 2.68. The lowest BCUT2D eigenvalue weighted by Gasteiger charge is -2.36. The second kappa shape index (κ2) is 5.52. The number of nitrogens with zero attached hydrogens (tertiary/aromatic N) is 2. The Morgan fingerprint density at radius 2 is 2.11 bits per heavy atom. The largest absolute Gasteiger partial charge is 0.391 e. The van der Waals surface area contributed by atoms with Gasteiger partial charge < -0.3 is 10.0 Å². The Hall–Kier alpha value is -1.69. The van der Waals surface area contributed by atoms with Gasteiger partial charge in [-0.3, -0.25) is 10.1 Å². The standard InChI is InChI=1S/C13H17FN2O3/c1-15(10-6-2-3-8-12(10)17)11-7-4-5-9(14)13(11)16(18)19/h4-5,7,10,12,17H,2-3,6,8H2,1H3. The molecule has 2 unspecified atom stereocenters. The van der Waals surface area contributed by atoms with Crippen molar-refractivity contribution in [3.8, 4) is 0 Å². The maximum absolute atomic E-state index is 13.6. The van der Waals surface area contributed by atoms with Crippen LogP contribution in [0.3, 0.4) is 0 Å². The fourth-order valence-electron chi connectivity index (χ4n) is 2.69. The van der Waals surface area contributed by atoms with E-state index in [1.165, 1.54) is 12.1 Å². The molecule has 1 fully saturated rings. The highest BCUT2D eigenvalue weighted by atomic mass is 19.1. The van der Waals surface area contributed by atoms with Crippen LogP contribution in [0.1, 0.15) is 25.7 Å². The van der Waals surface area contributed by atoms with Crippen molar-refractivity contribution in [2.75, 3.05) is 11.9 Å². The number of hydrogen-bond acceptors (Lipinski definition) is 4. The van der Waals surface area contributed by atoms with Gasteiger partial charge in [-0.15, -0.1) is 0 Å². The summed E-state index contributed by atoms with van der Waals surface area (Å²) >= 11 is 0. The molecule has 104 valence electrons. The quantitative estimate of drug-likeness (QED) is 0.675. The fourth-order valence-corrected chi connectivity index (χ4v) is 2.69. The van der Waals surface area contributed by atoms with Gasteiger partial charge >= 0.3 is 5.69 Å². The van der Waals surface area contributed by atoms with E-state index in [1.54, 1.807) is 11.9 Å². The summed E-state index contributed by atoms with van der Waals surface area (Å²) < 4.78 is 13.6. The van der Waals surface area contributed by atoms with Crippen molar-refractivity contribution in [2.24, 2.45) is 0 Å².